The first-order valence-corrected chi connectivity index (χ1v) is 6.26. The molecule has 108 valence electrons. The summed E-state index contributed by atoms with van der Waals surface area (Å²) in [5.74, 6) is -4.85. The van der Waals surface area contributed by atoms with E-state index in [2.05, 4.69) is 0 Å². The van der Waals surface area contributed by atoms with Gasteiger partial charge in [0.15, 0.2) is 17.7 Å². The van der Waals surface area contributed by atoms with Gasteiger partial charge in [0, 0.05) is 0 Å². The molecular formula is C12H18O7. The maximum absolute atomic E-state index is 11.6. The largest absolute Gasteiger partial charge is 0.477 e. The summed E-state index contributed by atoms with van der Waals surface area (Å²) in [5.41, 5.74) is 0. The Bertz CT molecular complexity index is 418. The second kappa shape index (κ2) is 3.67. The first kappa shape index (κ1) is 13.3. The minimum atomic E-state index is -1.82. The van der Waals surface area contributed by atoms with Gasteiger partial charge in [-0.1, -0.05) is 0 Å². The van der Waals surface area contributed by atoms with Gasteiger partial charge in [0.05, 0.1) is 6.61 Å². The average Bonchev–Trinajstić information content (AvgIpc) is 2.67. The van der Waals surface area contributed by atoms with E-state index in [1.807, 2.05) is 0 Å². The predicted molar refractivity (Wildman–Crippen MR) is 60.2 cm³/mol. The molecule has 3 heterocycles. The average molecular weight is 274 g/mol. The molecule has 0 bridgehead atoms. The summed E-state index contributed by atoms with van der Waals surface area (Å²) >= 11 is 0. The van der Waals surface area contributed by atoms with Crippen molar-refractivity contribution in [1.82, 2.24) is 0 Å². The molecule has 0 amide bonds. The summed E-state index contributed by atoms with van der Waals surface area (Å²) in [4.78, 5) is 11.6. The summed E-state index contributed by atoms with van der Waals surface area (Å²) in [5, 5.41) is 9.46. The fraction of sp³-hybridized carbons (Fsp3) is 0.917. The Morgan fingerprint density at radius 3 is 2.42 bits per heavy atom. The summed E-state index contributed by atoms with van der Waals surface area (Å²) in [7, 11) is 0. The molecule has 0 spiro atoms. The molecular weight excluding hydrogens is 256 g/mol. The molecule has 3 fully saturated rings. The normalized spacial score (nSPS) is 46.6. The number of carboxylic acids is 1. The van der Waals surface area contributed by atoms with E-state index in [-0.39, 0.29) is 6.61 Å². The minimum Gasteiger partial charge on any atom is -0.477 e. The molecule has 19 heavy (non-hydrogen) atoms. The molecule has 1 N–H and O–H groups in total. The number of rotatable bonds is 1. The molecule has 3 rings (SSSR count). The van der Waals surface area contributed by atoms with Crippen LogP contribution in [0.25, 0.3) is 0 Å². The summed E-state index contributed by atoms with van der Waals surface area (Å²) < 4.78 is 28.0. The molecule has 0 radical (unpaired) electrons. The molecule has 0 aromatic heterocycles. The van der Waals surface area contributed by atoms with Gasteiger partial charge in [0.2, 0.25) is 0 Å². The number of hydrogen-bond acceptors (Lipinski definition) is 6. The van der Waals surface area contributed by atoms with E-state index in [0.717, 1.165) is 0 Å². The Labute approximate surface area is 110 Å². The highest BCUT2D eigenvalue weighted by molar-refractivity contribution is 5.77. The standard InChI is InChI=1S/C12H18O7/c1-10(2)15-5-6-7(17-10)8-12(16-6,9(13)14)19-11(3,4)18-8/h6-8H,5H2,1-4H3,(H,13,14)/t6?,7?,8?,12-/m1/s1. The van der Waals surface area contributed by atoms with E-state index < -0.39 is 41.6 Å². The van der Waals surface area contributed by atoms with Crippen LogP contribution in [-0.2, 0) is 28.5 Å². The van der Waals surface area contributed by atoms with E-state index in [1.165, 1.54) is 0 Å². The number of carbonyl (C=O) groups is 1. The smallest absolute Gasteiger partial charge is 0.367 e. The van der Waals surface area contributed by atoms with Gasteiger partial charge in [-0.05, 0) is 27.7 Å². The number of carboxylic acid groups (broad SMARTS) is 1. The number of fused-ring (bicyclic) bond motifs is 3. The highest BCUT2D eigenvalue weighted by atomic mass is 16.9. The molecule has 0 aromatic carbocycles. The summed E-state index contributed by atoms with van der Waals surface area (Å²) in [6, 6.07) is 0. The third-order valence-corrected chi connectivity index (χ3v) is 3.49. The zero-order valence-corrected chi connectivity index (χ0v) is 11.3. The highest BCUT2D eigenvalue weighted by Crippen LogP contribution is 2.48. The maximum atomic E-state index is 11.6. The lowest BCUT2D eigenvalue weighted by Crippen LogP contribution is -2.52. The topological polar surface area (TPSA) is 83.5 Å². The highest BCUT2D eigenvalue weighted by Gasteiger charge is 2.71. The van der Waals surface area contributed by atoms with E-state index >= 15 is 0 Å². The molecule has 3 saturated heterocycles. The van der Waals surface area contributed by atoms with Crippen molar-refractivity contribution < 1.29 is 33.6 Å². The summed E-state index contributed by atoms with van der Waals surface area (Å²) in [6.45, 7) is 7.09. The molecule has 0 saturated carbocycles. The summed E-state index contributed by atoms with van der Waals surface area (Å²) in [6.07, 6.45) is -1.85. The van der Waals surface area contributed by atoms with Gasteiger partial charge in [0.1, 0.15) is 12.2 Å². The van der Waals surface area contributed by atoms with Gasteiger partial charge >= 0.3 is 11.8 Å². The van der Waals surface area contributed by atoms with Crippen LogP contribution in [0.2, 0.25) is 0 Å². The van der Waals surface area contributed by atoms with Crippen molar-refractivity contribution in [3.8, 4) is 0 Å². The van der Waals surface area contributed by atoms with Crippen LogP contribution in [0.15, 0.2) is 0 Å². The molecule has 0 aromatic rings. The lowest BCUT2D eigenvalue weighted by molar-refractivity contribution is -0.325. The molecule has 7 heteroatoms. The number of hydrogen-bond donors (Lipinski definition) is 1. The second-order valence-electron chi connectivity index (χ2n) is 5.96. The van der Waals surface area contributed by atoms with Crippen molar-refractivity contribution in [2.45, 2.75) is 63.4 Å². The third-order valence-electron chi connectivity index (χ3n) is 3.49. The zero-order valence-electron chi connectivity index (χ0n) is 11.3. The van der Waals surface area contributed by atoms with Crippen molar-refractivity contribution in [2.75, 3.05) is 6.61 Å². The predicted octanol–water partition coefficient (Wildman–Crippen LogP) is 0.469. The van der Waals surface area contributed by atoms with Gasteiger partial charge in [0.25, 0.3) is 0 Å². The lowest BCUT2D eigenvalue weighted by atomic mass is 10.0. The lowest BCUT2D eigenvalue weighted by Gasteiger charge is -2.38. The molecule has 4 atom stereocenters. The molecule has 0 aliphatic carbocycles. The Morgan fingerprint density at radius 2 is 1.79 bits per heavy atom. The minimum absolute atomic E-state index is 0.246. The van der Waals surface area contributed by atoms with Crippen LogP contribution in [-0.4, -0.2) is 53.4 Å². The molecule has 3 aliphatic heterocycles. The fourth-order valence-electron chi connectivity index (χ4n) is 2.82. The molecule has 7 nitrogen and oxygen atoms in total. The van der Waals surface area contributed by atoms with Gasteiger partial charge in [-0.3, -0.25) is 0 Å². The van der Waals surface area contributed by atoms with Gasteiger partial charge < -0.3 is 28.8 Å². The number of aliphatic carboxylic acids is 1. The van der Waals surface area contributed by atoms with Crippen LogP contribution in [0.5, 0.6) is 0 Å². The Hall–Kier alpha value is -0.730. The molecule has 3 unspecified atom stereocenters. The fourth-order valence-corrected chi connectivity index (χ4v) is 2.82. The Balaban J connectivity index is 1.94. The second-order valence-corrected chi connectivity index (χ2v) is 5.96. The van der Waals surface area contributed by atoms with E-state index in [4.69, 9.17) is 23.7 Å². The zero-order chi connectivity index (χ0) is 14.1. The van der Waals surface area contributed by atoms with Crippen LogP contribution in [0.3, 0.4) is 0 Å². The van der Waals surface area contributed by atoms with E-state index in [9.17, 15) is 9.90 Å². The van der Waals surface area contributed by atoms with Crippen LogP contribution < -0.4 is 0 Å². The van der Waals surface area contributed by atoms with Crippen molar-refractivity contribution >= 4 is 5.97 Å². The van der Waals surface area contributed by atoms with Crippen LogP contribution >= 0.6 is 0 Å². The Kier molecular flexibility index (Phi) is 2.57. The van der Waals surface area contributed by atoms with Crippen molar-refractivity contribution in [3.05, 3.63) is 0 Å². The van der Waals surface area contributed by atoms with Crippen molar-refractivity contribution in [2.24, 2.45) is 0 Å². The first-order valence-electron chi connectivity index (χ1n) is 6.26. The van der Waals surface area contributed by atoms with E-state index in [0.29, 0.717) is 0 Å². The van der Waals surface area contributed by atoms with Crippen LogP contribution in [0.4, 0.5) is 0 Å². The maximum Gasteiger partial charge on any atom is 0.367 e. The van der Waals surface area contributed by atoms with Crippen LogP contribution in [0.1, 0.15) is 27.7 Å². The quantitative estimate of drug-likeness (QED) is 0.744. The van der Waals surface area contributed by atoms with E-state index in [1.54, 1.807) is 27.7 Å². The SMILES string of the molecule is CC1(C)OCC2O[C@@]3(C(=O)O)OC(C)(C)OC3C2O1. The van der Waals surface area contributed by atoms with Gasteiger partial charge in [-0.2, -0.15) is 0 Å². The van der Waals surface area contributed by atoms with Gasteiger partial charge in [-0.15, -0.1) is 0 Å². The van der Waals surface area contributed by atoms with Crippen molar-refractivity contribution in [1.29, 1.82) is 0 Å². The van der Waals surface area contributed by atoms with Crippen LogP contribution in [0, 0.1) is 0 Å². The van der Waals surface area contributed by atoms with Gasteiger partial charge in [-0.25, -0.2) is 4.79 Å². The molecule has 3 aliphatic rings. The number of ether oxygens (including phenoxy) is 5. The van der Waals surface area contributed by atoms with Crippen molar-refractivity contribution in [3.63, 3.8) is 0 Å². The third kappa shape index (κ3) is 1.88. The Morgan fingerprint density at radius 1 is 1.11 bits per heavy atom. The first-order chi connectivity index (χ1) is 8.65. The monoisotopic (exact) mass is 274 g/mol.